The highest BCUT2D eigenvalue weighted by atomic mass is 19.1. The van der Waals surface area contributed by atoms with Crippen LogP contribution in [0.2, 0.25) is 0 Å². The van der Waals surface area contributed by atoms with Gasteiger partial charge < -0.3 is 9.38 Å². The Bertz CT molecular complexity index is 1350. The minimum Gasteiger partial charge on any atom is -0.307 e. The standard InChI is InChI=1S/C21H13FN4O/c22-16-5-1-13(2-6-16)20-17(11-14-4-8-19(27)24-21(14)25-20)15-3-7-18-23-9-10-26(18)12-15/h1-12H,(H,24,25,27). The summed E-state index contributed by atoms with van der Waals surface area (Å²) in [7, 11) is 0. The Morgan fingerprint density at radius 1 is 0.963 bits per heavy atom. The Hall–Kier alpha value is -3.80. The van der Waals surface area contributed by atoms with Crippen molar-refractivity contribution in [3.05, 3.63) is 89.4 Å². The SMILES string of the molecule is O=c1ccc2cc(-c3ccc4nccn4c3)c(-c3ccc(F)cc3)nc2[nH]1. The molecule has 0 bridgehead atoms. The summed E-state index contributed by atoms with van der Waals surface area (Å²) < 4.78 is 15.3. The number of aromatic nitrogens is 4. The minimum absolute atomic E-state index is 0.215. The van der Waals surface area contributed by atoms with Crippen molar-refractivity contribution in [2.75, 3.05) is 0 Å². The molecule has 0 radical (unpaired) electrons. The molecule has 0 aliphatic heterocycles. The molecule has 0 aliphatic rings. The third-order valence-corrected chi connectivity index (χ3v) is 4.53. The molecule has 0 saturated carbocycles. The first kappa shape index (κ1) is 15.5. The molecule has 0 aliphatic carbocycles. The number of hydrogen-bond donors (Lipinski definition) is 1. The average molecular weight is 356 g/mol. The number of nitrogens with one attached hydrogen (secondary N) is 1. The van der Waals surface area contributed by atoms with Crippen LogP contribution in [0.4, 0.5) is 4.39 Å². The maximum atomic E-state index is 13.4. The smallest absolute Gasteiger partial charge is 0.249 e. The Morgan fingerprint density at radius 2 is 1.78 bits per heavy atom. The summed E-state index contributed by atoms with van der Waals surface area (Å²) in [5.41, 5.74) is 4.40. The van der Waals surface area contributed by atoms with Crippen molar-refractivity contribution >= 4 is 16.7 Å². The lowest BCUT2D eigenvalue weighted by Gasteiger charge is -2.12. The number of hydrogen-bond acceptors (Lipinski definition) is 3. The number of benzene rings is 1. The largest absolute Gasteiger partial charge is 0.307 e. The molecular weight excluding hydrogens is 343 g/mol. The van der Waals surface area contributed by atoms with E-state index in [4.69, 9.17) is 0 Å². The molecule has 4 heterocycles. The number of pyridine rings is 3. The zero-order valence-electron chi connectivity index (χ0n) is 14.1. The molecule has 1 N–H and O–H groups in total. The first-order chi connectivity index (χ1) is 13.2. The third kappa shape index (κ3) is 2.67. The van der Waals surface area contributed by atoms with Gasteiger partial charge in [-0.05, 0) is 48.5 Å². The normalized spacial score (nSPS) is 11.3. The molecule has 130 valence electrons. The van der Waals surface area contributed by atoms with Gasteiger partial charge in [0, 0.05) is 46.7 Å². The lowest BCUT2D eigenvalue weighted by atomic mass is 9.99. The summed E-state index contributed by atoms with van der Waals surface area (Å²) in [5, 5.41) is 0.821. The topological polar surface area (TPSA) is 63.1 Å². The van der Waals surface area contributed by atoms with Crippen LogP contribution in [0.25, 0.3) is 39.1 Å². The Kier molecular flexibility index (Phi) is 3.36. The van der Waals surface area contributed by atoms with Gasteiger partial charge in [-0.1, -0.05) is 0 Å². The monoisotopic (exact) mass is 356 g/mol. The maximum Gasteiger partial charge on any atom is 0.249 e. The number of aromatic amines is 1. The predicted octanol–water partition coefficient (Wildman–Crippen LogP) is 4.04. The molecule has 6 heteroatoms. The van der Waals surface area contributed by atoms with Gasteiger partial charge in [0.05, 0.1) is 5.69 Å². The molecule has 1 aromatic carbocycles. The predicted molar refractivity (Wildman–Crippen MR) is 102 cm³/mol. The molecular formula is C21H13FN4O. The van der Waals surface area contributed by atoms with E-state index in [0.717, 1.165) is 27.7 Å². The molecule has 4 aromatic heterocycles. The van der Waals surface area contributed by atoms with E-state index in [1.54, 1.807) is 24.4 Å². The van der Waals surface area contributed by atoms with E-state index < -0.39 is 0 Å². The van der Waals surface area contributed by atoms with Crippen molar-refractivity contribution in [2.45, 2.75) is 0 Å². The van der Waals surface area contributed by atoms with E-state index in [0.29, 0.717) is 11.3 Å². The van der Waals surface area contributed by atoms with E-state index in [2.05, 4.69) is 15.0 Å². The van der Waals surface area contributed by atoms with Crippen LogP contribution in [0, 0.1) is 5.82 Å². The van der Waals surface area contributed by atoms with Gasteiger partial charge in [0.2, 0.25) is 5.56 Å². The van der Waals surface area contributed by atoms with E-state index in [1.165, 1.54) is 18.2 Å². The molecule has 0 fully saturated rings. The third-order valence-electron chi connectivity index (χ3n) is 4.53. The van der Waals surface area contributed by atoms with E-state index >= 15 is 0 Å². The van der Waals surface area contributed by atoms with Crippen molar-refractivity contribution in [3.8, 4) is 22.4 Å². The number of nitrogens with zero attached hydrogens (tertiary/aromatic N) is 3. The molecule has 0 saturated heterocycles. The molecule has 0 unspecified atom stereocenters. The highest BCUT2D eigenvalue weighted by Gasteiger charge is 2.13. The van der Waals surface area contributed by atoms with Crippen molar-refractivity contribution in [2.24, 2.45) is 0 Å². The summed E-state index contributed by atoms with van der Waals surface area (Å²) in [6, 6.07) is 15.3. The Morgan fingerprint density at radius 3 is 2.63 bits per heavy atom. The lowest BCUT2D eigenvalue weighted by molar-refractivity contribution is 0.628. The number of halogens is 1. The van der Waals surface area contributed by atoms with Crippen LogP contribution in [0.1, 0.15) is 0 Å². The second-order valence-corrected chi connectivity index (χ2v) is 6.26. The quantitative estimate of drug-likeness (QED) is 0.519. The van der Waals surface area contributed by atoms with Crippen LogP contribution in [0.5, 0.6) is 0 Å². The van der Waals surface area contributed by atoms with Gasteiger partial charge >= 0.3 is 0 Å². The van der Waals surface area contributed by atoms with E-state index in [1.807, 2.05) is 35.0 Å². The van der Waals surface area contributed by atoms with Gasteiger partial charge in [-0.15, -0.1) is 0 Å². The zero-order valence-corrected chi connectivity index (χ0v) is 14.1. The fourth-order valence-electron chi connectivity index (χ4n) is 3.21. The van der Waals surface area contributed by atoms with Gasteiger partial charge in [0.25, 0.3) is 0 Å². The van der Waals surface area contributed by atoms with Crippen LogP contribution in [0.3, 0.4) is 0 Å². The molecule has 5 aromatic rings. The van der Waals surface area contributed by atoms with Crippen molar-refractivity contribution < 1.29 is 4.39 Å². The highest BCUT2D eigenvalue weighted by molar-refractivity contribution is 5.90. The molecule has 5 nitrogen and oxygen atoms in total. The van der Waals surface area contributed by atoms with Crippen molar-refractivity contribution in [3.63, 3.8) is 0 Å². The van der Waals surface area contributed by atoms with Crippen molar-refractivity contribution in [1.29, 1.82) is 0 Å². The van der Waals surface area contributed by atoms with Crippen molar-refractivity contribution in [1.82, 2.24) is 19.4 Å². The van der Waals surface area contributed by atoms with Crippen LogP contribution in [0.15, 0.2) is 78.0 Å². The summed E-state index contributed by atoms with van der Waals surface area (Å²) in [6.07, 6.45) is 5.59. The van der Waals surface area contributed by atoms with Gasteiger partial charge in [-0.25, -0.2) is 14.4 Å². The maximum absolute atomic E-state index is 13.4. The summed E-state index contributed by atoms with van der Waals surface area (Å²) in [4.78, 5) is 23.4. The summed E-state index contributed by atoms with van der Waals surface area (Å²) in [6.45, 7) is 0. The summed E-state index contributed by atoms with van der Waals surface area (Å²) >= 11 is 0. The van der Waals surface area contributed by atoms with E-state index in [-0.39, 0.29) is 11.4 Å². The number of imidazole rings is 1. The van der Waals surface area contributed by atoms with Gasteiger partial charge in [0.15, 0.2) is 0 Å². The first-order valence-corrected chi connectivity index (χ1v) is 8.40. The van der Waals surface area contributed by atoms with Crippen LogP contribution >= 0.6 is 0 Å². The molecule has 0 amide bonds. The fraction of sp³-hybridized carbons (Fsp3) is 0. The zero-order chi connectivity index (χ0) is 18.4. The second kappa shape index (κ2) is 5.88. The first-order valence-electron chi connectivity index (χ1n) is 8.40. The Balaban J connectivity index is 1.82. The number of rotatable bonds is 2. The molecule has 0 spiro atoms. The minimum atomic E-state index is -0.311. The number of fused-ring (bicyclic) bond motifs is 2. The molecule has 0 atom stereocenters. The van der Waals surface area contributed by atoms with E-state index in [9.17, 15) is 9.18 Å². The highest BCUT2D eigenvalue weighted by Crippen LogP contribution is 2.33. The summed E-state index contributed by atoms with van der Waals surface area (Å²) in [5.74, 6) is -0.311. The Labute approximate surface area is 152 Å². The average Bonchev–Trinajstić information content (AvgIpc) is 3.15. The van der Waals surface area contributed by atoms with Crippen LogP contribution < -0.4 is 5.56 Å². The fourth-order valence-corrected chi connectivity index (χ4v) is 3.21. The van der Waals surface area contributed by atoms with Gasteiger partial charge in [-0.2, -0.15) is 0 Å². The lowest BCUT2D eigenvalue weighted by Crippen LogP contribution is -2.04. The number of H-pyrrole nitrogens is 1. The van der Waals surface area contributed by atoms with Gasteiger partial charge in [-0.3, -0.25) is 4.79 Å². The molecule has 5 rings (SSSR count). The molecule has 27 heavy (non-hydrogen) atoms. The van der Waals surface area contributed by atoms with Crippen LogP contribution in [-0.2, 0) is 0 Å². The van der Waals surface area contributed by atoms with Gasteiger partial charge in [0.1, 0.15) is 17.1 Å². The second-order valence-electron chi connectivity index (χ2n) is 6.26. The van der Waals surface area contributed by atoms with Crippen LogP contribution in [-0.4, -0.2) is 19.4 Å².